The quantitative estimate of drug-likeness (QED) is 0.363. The molecule has 2 aromatic heterocycles. The van der Waals surface area contributed by atoms with Crippen molar-refractivity contribution in [1.82, 2.24) is 19.5 Å². The number of nitrogens with one attached hydrogen (secondary N) is 1. The molecule has 2 atom stereocenters. The maximum Gasteiger partial charge on any atom is 0.387 e. The van der Waals surface area contributed by atoms with E-state index in [2.05, 4.69) is 20.9 Å². The van der Waals surface area contributed by atoms with Crippen LogP contribution < -0.4 is 14.8 Å². The van der Waals surface area contributed by atoms with E-state index in [1.165, 1.54) is 35.5 Å². The van der Waals surface area contributed by atoms with Crippen molar-refractivity contribution in [2.75, 3.05) is 7.11 Å². The molecule has 0 spiro atoms. The van der Waals surface area contributed by atoms with E-state index in [1.54, 1.807) is 13.1 Å². The van der Waals surface area contributed by atoms with Crippen LogP contribution in [0.2, 0.25) is 0 Å². The number of carbonyl (C=O) groups is 1. The van der Waals surface area contributed by atoms with Crippen LogP contribution in [-0.2, 0) is 7.05 Å². The molecule has 37 heavy (non-hydrogen) atoms. The van der Waals surface area contributed by atoms with E-state index in [9.17, 15) is 23.2 Å². The summed E-state index contributed by atoms with van der Waals surface area (Å²) in [4.78, 5) is 13.7. The molecule has 0 saturated heterocycles. The maximum absolute atomic E-state index is 13.4. The van der Waals surface area contributed by atoms with Gasteiger partial charge in [-0.3, -0.25) is 9.48 Å². The number of benzene rings is 2. The minimum Gasteiger partial charge on any atom is -0.496 e. The Hall–Kier alpha value is -4.11. The first-order valence-electron chi connectivity index (χ1n) is 11.2. The second-order valence-electron chi connectivity index (χ2n) is 8.60. The van der Waals surface area contributed by atoms with Gasteiger partial charge in [0.1, 0.15) is 23.2 Å². The molecular formula is C25H20F3N5O3S. The van der Waals surface area contributed by atoms with E-state index in [1.807, 2.05) is 19.1 Å². The predicted molar refractivity (Wildman–Crippen MR) is 131 cm³/mol. The second-order valence-corrected chi connectivity index (χ2v) is 9.40. The molecule has 0 unspecified atom stereocenters. The molecule has 190 valence electrons. The highest BCUT2D eigenvalue weighted by molar-refractivity contribution is 7.09. The third kappa shape index (κ3) is 4.58. The first-order valence-corrected chi connectivity index (χ1v) is 11.9. The van der Waals surface area contributed by atoms with E-state index < -0.39 is 30.5 Å². The molecule has 4 aromatic rings. The van der Waals surface area contributed by atoms with Crippen LogP contribution in [0.15, 0.2) is 30.3 Å². The second kappa shape index (κ2) is 9.40. The van der Waals surface area contributed by atoms with Crippen molar-refractivity contribution in [3.05, 3.63) is 47.2 Å². The molecule has 0 aliphatic heterocycles. The van der Waals surface area contributed by atoms with Gasteiger partial charge in [0.2, 0.25) is 0 Å². The molecule has 2 aromatic carbocycles. The van der Waals surface area contributed by atoms with Crippen LogP contribution in [-0.4, -0.2) is 46.0 Å². The zero-order valence-electron chi connectivity index (χ0n) is 19.9. The van der Waals surface area contributed by atoms with Crippen molar-refractivity contribution in [2.45, 2.75) is 32.2 Å². The summed E-state index contributed by atoms with van der Waals surface area (Å²) in [5.41, 5.74) is 2.96. The van der Waals surface area contributed by atoms with Gasteiger partial charge >= 0.3 is 6.61 Å². The molecule has 1 aliphatic rings. The highest BCUT2D eigenvalue weighted by Gasteiger charge is 2.40. The molecule has 1 amide bonds. The van der Waals surface area contributed by atoms with E-state index in [-0.39, 0.29) is 17.7 Å². The summed E-state index contributed by atoms with van der Waals surface area (Å²) in [6, 6.07) is 9.71. The molecule has 8 nitrogen and oxygen atoms in total. The number of amides is 1. The van der Waals surface area contributed by atoms with Crippen molar-refractivity contribution < 1.29 is 27.4 Å². The standard InChI is InChI=1S/C25H20F3N5O3S/c1-11-4-20(37-32-11)12-5-14(10-29)21-17(6-12)31-33(2)23(21)13-7-18(35-3)22(19(8-13)36-25(27)28)24(34)30-16-9-15(16)26/h4-8,15-16,25H,9H2,1-3H3,(H,30,34)/t15-,16+/m0/s1. The van der Waals surface area contributed by atoms with Gasteiger partial charge in [0.15, 0.2) is 0 Å². The highest BCUT2D eigenvalue weighted by Crippen LogP contribution is 2.41. The Morgan fingerprint density at radius 3 is 2.57 bits per heavy atom. The van der Waals surface area contributed by atoms with Crippen LogP contribution in [0.4, 0.5) is 13.2 Å². The predicted octanol–water partition coefficient (Wildman–Crippen LogP) is 4.99. The first-order chi connectivity index (χ1) is 17.7. The summed E-state index contributed by atoms with van der Waals surface area (Å²) in [7, 11) is 2.94. The summed E-state index contributed by atoms with van der Waals surface area (Å²) in [5.74, 6) is -1.28. The van der Waals surface area contributed by atoms with Crippen LogP contribution in [0.25, 0.3) is 32.6 Å². The normalized spacial score (nSPS) is 16.6. The lowest BCUT2D eigenvalue weighted by molar-refractivity contribution is -0.0502. The number of fused-ring (bicyclic) bond motifs is 1. The highest BCUT2D eigenvalue weighted by atomic mass is 32.1. The monoisotopic (exact) mass is 527 g/mol. The van der Waals surface area contributed by atoms with Crippen molar-refractivity contribution in [3.8, 4) is 39.3 Å². The molecule has 12 heteroatoms. The summed E-state index contributed by atoms with van der Waals surface area (Å²) < 4.78 is 55.9. The van der Waals surface area contributed by atoms with Gasteiger partial charge < -0.3 is 14.8 Å². The molecule has 1 fully saturated rings. The summed E-state index contributed by atoms with van der Waals surface area (Å²) in [5, 5.41) is 17.5. The topological polar surface area (TPSA) is 102 Å². The minimum atomic E-state index is -3.23. The molecule has 1 N–H and O–H groups in total. The molecular weight excluding hydrogens is 507 g/mol. The Morgan fingerprint density at radius 1 is 1.24 bits per heavy atom. The number of hydrogen-bond acceptors (Lipinski definition) is 7. The van der Waals surface area contributed by atoms with E-state index >= 15 is 0 Å². The number of aryl methyl sites for hydroxylation is 2. The van der Waals surface area contributed by atoms with Crippen molar-refractivity contribution >= 4 is 28.3 Å². The lowest BCUT2D eigenvalue weighted by atomic mass is 9.98. The Balaban J connectivity index is 1.68. The Morgan fingerprint density at radius 2 is 1.97 bits per heavy atom. The third-order valence-corrected chi connectivity index (χ3v) is 6.93. The van der Waals surface area contributed by atoms with E-state index in [0.717, 1.165) is 16.1 Å². The largest absolute Gasteiger partial charge is 0.496 e. The number of rotatable bonds is 7. The van der Waals surface area contributed by atoms with Crippen LogP contribution in [0.5, 0.6) is 11.5 Å². The maximum atomic E-state index is 13.4. The van der Waals surface area contributed by atoms with E-state index in [0.29, 0.717) is 27.7 Å². The number of nitrogens with zero attached hydrogens (tertiary/aromatic N) is 4. The number of ether oxygens (including phenoxy) is 2. The molecule has 0 bridgehead atoms. The Labute approximate surface area is 213 Å². The van der Waals surface area contributed by atoms with Crippen molar-refractivity contribution in [3.63, 3.8) is 0 Å². The SMILES string of the molecule is COc1cc(-c2c3c(C#N)cc(-c4cc(C)ns4)cc3nn2C)cc(OC(F)F)c1C(=O)N[C@@H]1C[C@@H]1F. The number of aromatic nitrogens is 3. The Bertz CT molecular complexity index is 1580. The van der Waals surface area contributed by atoms with Crippen molar-refractivity contribution in [1.29, 1.82) is 5.26 Å². The van der Waals surface area contributed by atoms with Gasteiger partial charge in [0.25, 0.3) is 5.91 Å². The average Bonchev–Trinajstić information content (AvgIpc) is 3.21. The van der Waals surface area contributed by atoms with Gasteiger partial charge in [-0.25, -0.2) is 4.39 Å². The lowest BCUT2D eigenvalue weighted by Crippen LogP contribution is -2.28. The van der Waals surface area contributed by atoms with Crippen LogP contribution in [0.3, 0.4) is 0 Å². The zero-order valence-corrected chi connectivity index (χ0v) is 20.7. The fourth-order valence-corrected chi connectivity index (χ4v) is 4.98. The Kier molecular flexibility index (Phi) is 6.25. The summed E-state index contributed by atoms with van der Waals surface area (Å²) in [6.07, 6.45) is -1.03. The van der Waals surface area contributed by atoms with Gasteiger partial charge in [-0.1, -0.05) is 0 Å². The van der Waals surface area contributed by atoms with Gasteiger partial charge in [0, 0.05) is 24.4 Å². The molecule has 5 rings (SSSR count). The molecule has 1 aliphatic carbocycles. The number of halogens is 3. The smallest absolute Gasteiger partial charge is 0.387 e. The lowest BCUT2D eigenvalue weighted by Gasteiger charge is -2.17. The number of methoxy groups -OCH3 is 1. The summed E-state index contributed by atoms with van der Waals surface area (Å²) >= 11 is 1.30. The number of alkyl halides is 3. The minimum absolute atomic E-state index is 0.0497. The number of nitriles is 1. The van der Waals surface area contributed by atoms with Crippen LogP contribution in [0, 0.1) is 18.3 Å². The van der Waals surface area contributed by atoms with Gasteiger partial charge in [-0.15, -0.1) is 0 Å². The number of carbonyl (C=O) groups excluding carboxylic acids is 1. The fraction of sp³-hybridized carbons (Fsp3) is 0.280. The van der Waals surface area contributed by atoms with Crippen LogP contribution >= 0.6 is 11.5 Å². The zero-order chi connectivity index (χ0) is 26.4. The molecule has 1 saturated carbocycles. The molecule has 0 radical (unpaired) electrons. The van der Waals surface area contributed by atoms with Crippen LogP contribution in [0.1, 0.15) is 28.0 Å². The fourth-order valence-electron chi connectivity index (χ4n) is 4.24. The number of hydrogen-bond donors (Lipinski definition) is 1. The van der Waals surface area contributed by atoms with Crippen molar-refractivity contribution in [2.24, 2.45) is 7.05 Å². The van der Waals surface area contributed by atoms with E-state index in [4.69, 9.17) is 9.47 Å². The summed E-state index contributed by atoms with van der Waals surface area (Å²) in [6.45, 7) is -1.36. The third-order valence-electron chi connectivity index (χ3n) is 6.00. The van der Waals surface area contributed by atoms with Gasteiger partial charge in [0.05, 0.1) is 46.6 Å². The first kappa shape index (κ1) is 24.6. The average molecular weight is 528 g/mol. The van der Waals surface area contributed by atoms with Gasteiger partial charge in [-0.2, -0.15) is 23.5 Å². The molecule has 2 heterocycles. The van der Waals surface area contributed by atoms with Gasteiger partial charge in [-0.05, 0) is 54.4 Å².